The van der Waals surface area contributed by atoms with E-state index in [0.29, 0.717) is 6.04 Å². The second-order valence-electron chi connectivity index (χ2n) is 4.16. The number of carbonyl (C=O) groups excluding carboxylic acids is 1. The van der Waals surface area contributed by atoms with Crippen LogP contribution in [0.1, 0.15) is 26.2 Å². The van der Waals surface area contributed by atoms with Crippen LogP contribution in [0.5, 0.6) is 0 Å². The Balaban J connectivity index is 2.49. The van der Waals surface area contributed by atoms with Crippen LogP contribution in [-0.2, 0) is 9.53 Å². The van der Waals surface area contributed by atoms with Gasteiger partial charge >= 0.3 is 0 Å². The molecule has 1 aliphatic rings. The highest BCUT2D eigenvalue weighted by Gasteiger charge is 2.24. The van der Waals surface area contributed by atoms with Gasteiger partial charge in [0.2, 0.25) is 0 Å². The third-order valence-electron chi connectivity index (χ3n) is 3.14. The van der Waals surface area contributed by atoms with Crippen molar-refractivity contribution in [1.29, 1.82) is 0 Å². The van der Waals surface area contributed by atoms with Gasteiger partial charge < -0.3 is 15.0 Å². The molecule has 0 aromatic carbocycles. The zero-order valence-corrected chi connectivity index (χ0v) is 9.95. The number of likely N-dealkylation sites (N-methyl/N-ethyl adjacent to an activating group) is 1. The quantitative estimate of drug-likeness (QED) is 0.749. The molecule has 0 bridgehead atoms. The van der Waals surface area contributed by atoms with E-state index in [4.69, 9.17) is 4.74 Å². The van der Waals surface area contributed by atoms with Crippen molar-refractivity contribution >= 4 is 5.91 Å². The van der Waals surface area contributed by atoms with Crippen LogP contribution in [0.4, 0.5) is 0 Å². The van der Waals surface area contributed by atoms with Crippen molar-refractivity contribution in [2.24, 2.45) is 0 Å². The van der Waals surface area contributed by atoms with Crippen LogP contribution in [0.3, 0.4) is 0 Å². The molecule has 88 valence electrons. The van der Waals surface area contributed by atoms with Crippen LogP contribution in [0, 0.1) is 0 Å². The number of nitrogens with zero attached hydrogens (tertiary/aromatic N) is 1. The van der Waals surface area contributed by atoms with Gasteiger partial charge in [-0.15, -0.1) is 0 Å². The third-order valence-corrected chi connectivity index (χ3v) is 3.14. The van der Waals surface area contributed by atoms with Crippen molar-refractivity contribution < 1.29 is 9.53 Å². The van der Waals surface area contributed by atoms with E-state index in [1.54, 1.807) is 14.0 Å². The number of hydrogen-bond acceptors (Lipinski definition) is 3. The monoisotopic (exact) mass is 214 g/mol. The van der Waals surface area contributed by atoms with Crippen LogP contribution in [-0.4, -0.2) is 50.2 Å². The lowest BCUT2D eigenvalue weighted by Crippen LogP contribution is -2.43. The van der Waals surface area contributed by atoms with E-state index in [-0.39, 0.29) is 12.0 Å². The Morgan fingerprint density at radius 1 is 1.47 bits per heavy atom. The molecular weight excluding hydrogens is 192 g/mol. The van der Waals surface area contributed by atoms with Crippen LogP contribution in [0.25, 0.3) is 0 Å². The Labute approximate surface area is 92.0 Å². The predicted molar refractivity (Wildman–Crippen MR) is 59.7 cm³/mol. The summed E-state index contributed by atoms with van der Waals surface area (Å²) in [4.78, 5) is 13.7. The van der Waals surface area contributed by atoms with Gasteiger partial charge in [0, 0.05) is 20.2 Å². The summed E-state index contributed by atoms with van der Waals surface area (Å²) >= 11 is 0. The van der Waals surface area contributed by atoms with Crippen LogP contribution < -0.4 is 5.32 Å². The summed E-state index contributed by atoms with van der Waals surface area (Å²) in [6.45, 7) is 3.87. The molecule has 1 rings (SSSR count). The predicted octanol–water partition coefficient (Wildman–Crippen LogP) is 0.622. The fourth-order valence-electron chi connectivity index (χ4n) is 1.96. The van der Waals surface area contributed by atoms with Gasteiger partial charge in [0.25, 0.3) is 5.91 Å². The number of carbonyl (C=O) groups is 1. The molecule has 1 aliphatic heterocycles. The molecule has 0 aromatic rings. The number of nitrogens with one attached hydrogen (secondary N) is 1. The number of rotatable bonds is 3. The maximum absolute atomic E-state index is 11.9. The van der Waals surface area contributed by atoms with Crippen molar-refractivity contribution in [2.75, 3.05) is 27.2 Å². The van der Waals surface area contributed by atoms with Gasteiger partial charge in [-0.3, -0.25) is 4.79 Å². The number of amides is 1. The first-order valence-electron chi connectivity index (χ1n) is 5.67. The lowest BCUT2D eigenvalue weighted by atomic mass is 10.1. The molecule has 0 radical (unpaired) electrons. The van der Waals surface area contributed by atoms with Crippen molar-refractivity contribution in [3.63, 3.8) is 0 Å². The summed E-state index contributed by atoms with van der Waals surface area (Å²) in [6.07, 6.45) is 2.94. The zero-order chi connectivity index (χ0) is 11.3. The van der Waals surface area contributed by atoms with Crippen LogP contribution in [0.2, 0.25) is 0 Å². The molecule has 1 amide bonds. The Morgan fingerprint density at radius 3 is 2.87 bits per heavy atom. The Morgan fingerprint density at radius 2 is 2.20 bits per heavy atom. The minimum atomic E-state index is -0.328. The third kappa shape index (κ3) is 3.47. The number of ether oxygens (including phenoxy) is 1. The molecule has 0 aliphatic carbocycles. The molecule has 1 heterocycles. The molecule has 4 heteroatoms. The standard InChI is InChI=1S/C11H22N2O2/c1-9(15-3)11(14)13(2)10-5-4-7-12-8-6-10/h9-10,12H,4-8H2,1-3H3. The zero-order valence-electron chi connectivity index (χ0n) is 9.95. The summed E-state index contributed by atoms with van der Waals surface area (Å²) in [5.74, 6) is 0.0874. The largest absolute Gasteiger partial charge is 0.372 e. The van der Waals surface area contributed by atoms with Crippen molar-refractivity contribution in [3.05, 3.63) is 0 Å². The fraction of sp³-hybridized carbons (Fsp3) is 0.909. The topological polar surface area (TPSA) is 41.6 Å². The summed E-state index contributed by atoms with van der Waals surface area (Å²) < 4.78 is 5.05. The highest BCUT2D eigenvalue weighted by atomic mass is 16.5. The maximum Gasteiger partial charge on any atom is 0.251 e. The Hall–Kier alpha value is -0.610. The average molecular weight is 214 g/mol. The number of methoxy groups -OCH3 is 1. The van der Waals surface area contributed by atoms with Crippen molar-refractivity contribution in [2.45, 2.75) is 38.3 Å². The molecular formula is C11H22N2O2. The highest BCUT2D eigenvalue weighted by Crippen LogP contribution is 2.13. The molecule has 0 saturated carbocycles. The second kappa shape index (κ2) is 6.08. The summed E-state index contributed by atoms with van der Waals surface area (Å²) in [7, 11) is 3.46. The fourth-order valence-corrected chi connectivity index (χ4v) is 1.96. The first-order chi connectivity index (χ1) is 7.16. The van der Waals surface area contributed by atoms with Crippen LogP contribution in [0.15, 0.2) is 0 Å². The SMILES string of the molecule is COC(C)C(=O)N(C)C1CCCNCC1. The van der Waals surface area contributed by atoms with E-state index < -0.39 is 0 Å². The molecule has 4 nitrogen and oxygen atoms in total. The molecule has 15 heavy (non-hydrogen) atoms. The van der Waals surface area contributed by atoms with E-state index in [9.17, 15) is 4.79 Å². The van der Waals surface area contributed by atoms with Gasteiger partial charge in [0.15, 0.2) is 0 Å². The summed E-state index contributed by atoms with van der Waals surface area (Å²) in [5.41, 5.74) is 0. The van der Waals surface area contributed by atoms with Crippen molar-refractivity contribution in [3.8, 4) is 0 Å². The van der Waals surface area contributed by atoms with E-state index in [2.05, 4.69) is 5.32 Å². The molecule has 2 atom stereocenters. The highest BCUT2D eigenvalue weighted by molar-refractivity contribution is 5.80. The van der Waals surface area contributed by atoms with Gasteiger partial charge in [0.1, 0.15) is 6.10 Å². The first kappa shape index (κ1) is 12.5. The van der Waals surface area contributed by atoms with E-state index in [0.717, 1.165) is 32.4 Å². The van der Waals surface area contributed by atoms with Gasteiger partial charge in [-0.25, -0.2) is 0 Å². The molecule has 0 spiro atoms. The minimum absolute atomic E-state index is 0.0874. The second-order valence-corrected chi connectivity index (χ2v) is 4.16. The van der Waals surface area contributed by atoms with E-state index >= 15 is 0 Å². The van der Waals surface area contributed by atoms with E-state index in [1.807, 2.05) is 11.9 Å². The molecule has 0 aromatic heterocycles. The van der Waals surface area contributed by atoms with Gasteiger partial charge in [-0.1, -0.05) is 0 Å². The average Bonchev–Trinajstić information content (AvgIpc) is 2.54. The smallest absolute Gasteiger partial charge is 0.251 e. The van der Waals surface area contributed by atoms with Crippen LogP contribution >= 0.6 is 0 Å². The van der Waals surface area contributed by atoms with Gasteiger partial charge in [-0.2, -0.15) is 0 Å². The van der Waals surface area contributed by atoms with E-state index in [1.165, 1.54) is 0 Å². The van der Waals surface area contributed by atoms with Crippen molar-refractivity contribution in [1.82, 2.24) is 10.2 Å². The lowest BCUT2D eigenvalue weighted by molar-refractivity contribution is -0.141. The number of hydrogen-bond donors (Lipinski definition) is 1. The first-order valence-corrected chi connectivity index (χ1v) is 5.67. The summed E-state index contributed by atoms with van der Waals surface area (Å²) in [6, 6.07) is 0.366. The van der Waals surface area contributed by atoms with Gasteiger partial charge in [0.05, 0.1) is 0 Å². The Bertz CT molecular complexity index is 201. The molecule has 2 unspecified atom stereocenters. The van der Waals surface area contributed by atoms with Gasteiger partial charge in [-0.05, 0) is 39.3 Å². The Kier molecular flexibility index (Phi) is 5.05. The normalized spacial score (nSPS) is 24.3. The molecule has 1 saturated heterocycles. The lowest BCUT2D eigenvalue weighted by Gasteiger charge is -2.28. The maximum atomic E-state index is 11.9. The molecule has 1 N–H and O–H groups in total. The minimum Gasteiger partial charge on any atom is -0.372 e. The summed E-state index contributed by atoms with van der Waals surface area (Å²) in [5, 5.41) is 3.35. The molecule has 1 fully saturated rings.